The van der Waals surface area contributed by atoms with E-state index in [9.17, 15) is 0 Å². The molecule has 3 aromatic heterocycles. The molecule has 0 spiro atoms. The number of benzene rings is 6. The van der Waals surface area contributed by atoms with Gasteiger partial charge in [-0.05, 0) is 82.9 Å². The van der Waals surface area contributed by atoms with Gasteiger partial charge in [0.25, 0.3) is 0 Å². The third kappa shape index (κ3) is 3.80. The predicted octanol–water partition coefficient (Wildman–Crippen LogP) is 10.6. The summed E-state index contributed by atoms with van der Waals surface area (Å²) in [6, 6.07) is 56.5. The quantitative estimate of drug-likeness (QED) is 0.210. The van der Waals surface area contributed by atoms with Crippen LogP contribution in [0.4, 0.5) is 0 Å². The first-order chi connectivity index (χ1) is 21.8. The highest BCUT2D eigenvalue weighted by molar-refractivity contribution is 6.12. The number of para-hydroxylation sites is 2. The van der Waals surface area contributed by atoms with E-state index < -0.39 is 0 Å². The molecule has 0 radical (unpaired) electrons. The van der Waals surface area contributed by atoms with Crippen molar-refractivity contribution < 1.29 is 0 Å². The zero-order chi connectivity index (χ0) is 29.0. The van der Waals surface area contributed by atoms with E-state index in [1.54, 1.807) is 0 Å². The molecule has 3 heterocycles. The van der Waals surface area contributed by atoms with E-state index in [0.717, 1.165) is 22.2 Å². The van der Waals surface area contributed by atoms with E-state index in [4.69, 9.17) is 4.98 Å². The Morgan fingerprint density at radius 3 is 1.77 bits per heavy atom. The Bertz CT molecular complexity index is 2470. The molecule has 0 amide bonds. The van der Waals surface area contributed by atoms with Crippen LogP contribution in [-0.2, 0) is 0 Å². The first-order valence-electron chi connectivity index (χ1n) is 15.0. The Morgan fingerprint density at radius 2 is 0.932 bits per heavy atom. The van der Waals surface area contributed by atoms with Crippen molar-refractivity contribution in [3.8, 4) is 33.6 Å². The summed E-state index contributed by atoms with van der Waals surface area (Å²) in [6.45, 7) is 0. The molecule has 0 bridgehead atoms. The third-order valence-corrected chi connectivity index (χ3v) is 8.78. The molecule has 0 fully saturated rings. The molecule has 9 rings (SSSR count). The standard InChI is InChI=1S/C41H27N3/c1-3-10-28(11-4-1)29-17-21-33(22-18-29)44-40-27-31(19-23-35(40)36-15-9-25-42-41(36)44)30-20-24-39-37(26-30)34-14-7-8-16-38(34)43(39)32-12-5-2-6-13-32/h1-27H. The van der Waals surface area contributed by atoms with Crippen molar-refractivity contribution in [2.75, 3.05) is 0 Å². The lowest BCUT2D eigenvalue weighted by Gasteiger charge is -2.10. The summed E-state index contributed by atoms with van der Waals surface area (Å²) in [5, 5.41) is 4.86. The smallest absolute Gasteiger partial charge is 0.145 e. The summed E-state index contributed by atoms with van der Waals surface area (Å²) in [5.74, 6) is 0. The Hall–Kier alpha value is -5.93. The fourth-order valence-corrected chi connectivity index (χ4v) is 6.73. The summed E-state index contributed by atoms with van der Waals surface area (Å²) in [6.07, 6.45) is 1.88. The zero-order valence-electron chi connectivity index (χ0n) is 23.9. The van der Waals surface area contributed by atoms with Crippen molar-refractivity contribution >= 4 is 43.7 Å². The Balaban J connectivity index is 1.23. The van der Waals surface area contributed by atoms with Crippen molar-refractivity contribution in [1.29, 1.82) is 0 Å². The van der Waals surface area contributed by atoms with Gasteiger partial charge in [0.1, 0.15) is 5.65 Å². The molecular weight excluding hydrogens is 534 g/mol. The summed E-state index contributed by atoms with van der Waals surface area (Å²) < 4.78 is 4.66. The molecule has 0 saturated heterocycles. The highest BCUT2D eigenvalue weighted by atomic mass is 15.0. The van der Waals surface area contributed by atoms with Gasteiger partial charge in [-0.3, -0.25) is 4.57 Å². The van der Waals surface area contributed by atoms with Gasteiger partial charge in [0, 0.05) is 39.1 Å². The lowest BCUT2D eigenvalue weighted by molar-refractivity contribution is 1.14. The molecule has 0 aliphatic rings. The number of pyridine rings is 1. The van der Waals surface area contributed by atoms with Crippen LogP contribution in [0.1, 0.15) is 0 Å². The highest BCUT2D eigenvalue weighted by Crippen LogP contribution is 2.38. The van der Waals surface area contributed by atoms with Crippen LogP contribution in [-0.4, -0.2) is 14.1 Å². The first-order valence-corrected chi connectivity index (χ1v) is 15.0. The predicted molar refractivity (Wildman–Crippen MR) is 184 cm³/mol. The maximum atomic E-state index is 4.84. The van der Waals surface area contributed by atoms with E-state index in [-0.39, 0.29) is 0 Å². The van der Waals surface area contributed by atoms with E-state index in [1.165, 1.54) is 55.1 Å². The largest absolute Gasteiger partial charge is 0.309 e. The van der Waals surface area contributed by atoms with Gasteiger partial charge in [-0.1, -0.05) is 97.1 Å². The van der Waals surface area contributed by atoms with Gasteiger partial charge in [-0.25, -0.2) is 4.98 Å². The zero-order valence-corrected chi connectivity index (χ0v) is 23.9. The van der Waals surface area contributed by atoms with Crippen molar-refractivity contribution in [3.63, 3.8) is 0 Å². The van der Waals surface area contributed by atoms with Crippen molar-refractivity contribution in [2.45, 2.75) is 0 Å². The Morgan fingerprint density at radius 1 is 0.341 bits per heavy atom. The molecule has 0 aliphatic carbocycles. The number of rotatable bonds is 4. The maximum Gasteiger partial charge on any atom is 0.145 e. The molecule has 0 atom stereocenters. The number of hydrogen-bond acceptors (Lipinski definition) is 1. The number of fused-ring (bicyclic) bond motifs is 6. The fourth-order valence-electron chi connectivity index (χ4n) is 6.73. The van der Waals surface area contributed by atoms with E-state index >= 15 is 0 Å². The summed E-state index contributed by atoms with van der Waals surface area (Å²) in [4.78, 5) is 4.84. The van der Waals surface area contributed by atoms with Crippen LogP contribution in [0.5, 0.6) is 0 Å². The number of nitrogens with zero attached hydrogens (tertiary/aromatic N) is 3. The van der Waals surface area contributed by atoms with Crippen LogP contribution in [0.3, 0.4) is 0 Å². The maximum absolute atomic E-state index is 4.84. The lowest BCUT2D eigenvalue weighted by atomic mass is 10.0. The molecule has 0 aliphatic heterocycles. The normalized spacial score (nSPS) is 11.6. The molecular formula is C41H27N3. The molecule has 0 saturated carbocycles. The third-order valence-electron chi connectivity index (χ3n) is 8.78. The van der Waals surface area contributed by atoms with Crippen LogP contribution >= 0.6 is 0 Å². The second kappa shape index (κ2) is 9.82. The van der Waals surface area contributed by atoms with Gasteiger partial charge in [-0.15, -0.1) is 0 Å². The molecule has 9 aromatic rings. The van der Waals surface area contributed by atoms with E-state index in [1.807, 2.05) is 12.3 Å². The van der Waals surface area contributed by atoms with Gasteiger partial charge in [0.15, 0.2) is 0 Å². The Labute approximate surface area is 254 Å². The summed E-state index contributed by atoms with van der Waals surface area (Å²) in [5.41, 5.74) is 11.6. The number of aromatic nitrogens is 3. The molecule has 0 unspecified atom stereocenters. The minimum Gasteiger partial charge on any atom is -0.309 e. The summed E-state index contributed by atoms with van der Waals surface area (Å²) in [7, 11) is 0. The van der Waals surface area contributed by atoms with Crippen LogP contribution in [0.25, 0.3) is 77.4 Å². The topological polar surface area (TPSA) is 22.8 Å². The van der Waals surface area contributed by atoms with Gasteiger partial charge >= 0.3 is 0 Å². The molecule has 206 valence electrons. The van der Waals surface area contributed by atoms with Gasteiger partial charge in [0.05, 0.1) is 16.6 Å². The van der Waals surface area contributed by atoms with Gasteiger partial charge in [-0.2, -0.15) is 0 Å². The van der Waals surface area contributed by atoms with Gasteiger partial charge < -0.3 is 4.57 Å². The molecule has 44 heavy (non-hydrogen) atoms. The Kier molecular flexibility index (Phi) is 5.50. The molecule has 3 nitrogen and oxygen atoms in total. The molecule has 3 heteroatoms. The fraction of sp³-hybridized carbons (Fsp3) is 0. The average molecular weight is 562 g/mol. The van der Waals surface area contributed by atoms with Crippen LogP contribution in [0, 0.1) is 0 Å². The van der Waals surface area contributed by atoms with E-state index in [2.05, 4.69) is 161 Å². The van der Waals surface area contributed by atoms with Crippen molar-refractivity contribution in [2.24, 2.45) is 0 Å². The SMILES string of the molecule is c1ccc(-c2ccc(-n3c4cc(-c5ccc6c(c5)c5ccccc5n6-c5ccccc5)ccc4c4cccnc43)cc2)cc1. The second-order valence-corrected chi connectivity index (χ2v) is 11.3. The summed E-state index contributed by atoms with van der Waals surface area (Å²) >= 11 is 0. The number of hydrogen-bond donors (Lipinski definition) is 0. The van der Waals surface area contributed by atoms with Crippen LogP contribution < -0.4 is 0 Å². The van der Waals surface area contributed by atoms with Crippen LogP contribution in [0.15, 0.2) is 164 Å². The van der Waals surface area contributed by atoms with E-state index in [0.29, 0.717) is 0 Å². The van der Waals surface area contributed by atoms with Crippen molar-refractivity contribution in [1.82, 2.24) is 14.1 Å². The molecule has 0 N–H and O–H groups in total. The highest BCUT2D eigenvalue weighted by Gasteiger charge is 2.16. The van der Waals surface area contributed by atoms with Crippen molar-refractivity contribution in [3.05, 3.63) is 164 Å². The first kappa shape index (κ1) is 24.6. The van der Waals surface area contributed by atoms with Gasteiger partial charge in [0.2, 0.25) is 0 Å². The second-order valence-electron chi connectivity index (χ2n) is 11.3. The van der Waals surface area contributed by atoms with Crippen LogP contribution in [0.2, 0.25) is 0 Å². The average Bonchev–Trinajstić information content (AvgIpc) is 3.61. The minimum absolute atomic E-state index is 0.966. The lowest BCUT2D eigenvalue weighted by Crippen LogP contribution is -1.95. The minimum atomic E-state index is 0.966. The molecule has 6 aromatic carbocycles. The monoisotopic (exact) mass is 561 g/mol.